The summed E-state index contributed by atoms with van der Waals surface area (Å²) in [5, 5.41) is 0. The minimum atomic E-state index is -0.278. The molecule has 0 aliphatic carbocycles. The minimum Gasteiger partial charge on any atom is -0.462 e. The van der Waals surface area contributed by atoms with E-state index in [1.165, 1.54) is 0 Å². The van der Waals surface area contributed by atoms with E-state index >= 15 is 0 Å². The van der Waals surface area contributed by atoms with Gasteiger partial charge in [0, 0.05) is 25.0 Å². The van der Waals surface area contributed by atoms with Crippen LogP contribution in [0, 0.1) is 0 Å². The van der Waals surface area contributed by atoms with Gasteiger partial charge in [-0.05, 0) is 30.7 Å². The predicted molar refractivity (Wildman–Crippen MR) is 73.8 cm³/mol. The average Bonchev–Trinajstić information content (AvgIpc) is 2.87. The first kappa shape index (κ1) is 13.4. The highest BCUT2D eigenvalue weighted by Gasteiger charge is 2.12. The Kier molecular flexibility index (Phi) is 4.36. The number of ether oxygens (including phenoxy) is 1. The van der Waals surface area contributed by atoms with Crippen molar-refractivity contribution in [1.82, 2.24) is 4.57 Å². The van der Waals surface area contributed by atoms with Gasteiger partial charge in [-0.25, -0.2) is 4.79 Å². The fraction of sp³-hybridized carbons (Fsp3) is 0.267. The topological polar surface area (TPSA) is 57.2 Å². The van der Waals surface area contributed by atoms with Crippen molar-refractivity contribution in [2.24, 2.45) is 5.73 Å². The van der Waals surface area contributed by atoms with Crippen molar-refractivity contribution in [2.75, 3.05) is 6.61 Å². The Morgan fingerprint density at radius 1 is 1.26 bits per heavy atom. The van der Waals surface area contributed by atoms with Crippen LogP contribution in [0.3, 0.4) is 0 Å². The molecule has 2 rings (SSSR count). The SMILES string of the molecule is CCOC(=O)c1ccccc1Cn1cccc1CN. The normalized spacial score (nSPS) is 10.4. The second-order valence-electron chi connectivity index (χ2n) is 4.21. The van der Waals surface area contributed by atoms with Crippen LogP contribution in [0.1, 0.15) is 28.5 Å². The molecule has 0 unspecified atom stereocenters. The Morgan fingerprint density at radius 3 is 2.79 bits per heavy atom. The molecule has 0 amide bonds. The zero-order valence-corrected chi connectivity index (χ0v) is 11.0. The molecule has 4 heteroatoms. The highest BCUT2D eigenvalue weighted by atomic mass is 16.5. The third-order valence-corrected chi connectivity index (χ3v) is 2.99. The van der Waals surface area contributed by atoms with Gasteiger partial charge in [-0.2, -0.15) is 0 Å². The highest BCUT2D eigenvalue weighted by molar-refractivity contribution is 5.91. The van der Waals surface area contributed by atoms with E-state index in [1.54, 1.807) is 13.0 Å². The molecule has 0 aliphatic rings. The molecule has 19 heavy (non-hydrogen) atoms. The number of esters is 1. The van der Waals surface area contributed by atoms with E-state index < -0.39 is 0 Å². The molecule has 0 radical (unpaired) electrons. The van der Waals surface area contributed by atoms with Crippen LogP contribution in [0.2, 0.25) is 0 Å². The summed E-state index contributed by atoms with van der Waals surface area (Å²) in [6.07, 6.45) is 1.96. The number of benzene rings is 1. The van der Waals surface area contributed by atoms with E-state index in [0.717, 1.165) is 11.3 Å². The van der Waals surface area contributed by atoms with E-state index in [-0.39, 0.29) is 5.97 Å². The van der Waals surface area contributed by atoms with E-state index in [0.29, 0.717) is 25.3 Å². The number of carbonyl (C=O) groups excluding carboxylic acids is 1. The van der Waals surface area contributed by atoms with Crippen molar-refractivity contribution in [3.05, 3.63) is 59.4 Å². The van der Waals surface area contributed by atoms with Crippen LogP contribution in [0.25, 0.3) is 0 Å². The standard InChI is InChI=1S/C15H18N2O2/c1-2-19-15(18)14-8-4-3-6-12(14)11-17-9-5-7-13(17)10-16/h3-9H,2,10-11,16H2,1H3. The van der Waals surface area contributed by atoms with Crippen LogP contribution in [0.5, 0.6) is 0 Å². The summed E-state index contributed by atoms with van der Waals surface area (Å²) in [5.74, 6) is -0.278. The Morgan fingerprint density at radius 2 is 2.05 bits per heavy atom. The average molecular weight is 258 g/mol. The summed E-state index contributed by atoms with van der Waals surface area (Å²) in [6, 6.07) is 11.4. The first-order chi connectivity index (χ1) is 9.26. The molecule has 0 saturated carbocycles. The van der Waals surface area contributed by atoms with Gasteiger partial charge in [0.25, 0.3) is 0 Å². The molecule has 2 aromatic rings. The number of rotatable bonds is 5. The van der Waals surface area contributed by atoms with E-state index in [1.807, 2.05) is 41.1 Å². The lowest BCUT2D eigenvalue weighted by Crippen LogP contribution is -2.12. The maximum Gasteiger partial charge on any atom is 0.338 e. The molecular formula is C15H18N2O2. The maximum absolute atomic E-state index is 11.9. The van der Waals surface area contributed by atoms with Crippen LogP contribution < -0.4 is 5.73 Å². The van der Waals surface area contributed by atoms with Gasteiger partial charge in [0.15, 0.2) is 0 Å². The molecular weight excluding hydrogens is 240 g/mol. The Balaban J connectivity index is 2.27. The molecule has 0 saturated heterocycles. The second-order valence-corrected chi connectivity index (χ2v) is 4.21. The molecule has 2 N–H and O–H groups in total. The largest absolute Gasteiger partial charge is 0.462 e. The van der Waals surface area contributed by atoms with Crippen molar-refractivity contribution in [3.63, 3.8) is 0 Å². The Bertz CT molecular complexity index is 561. The fourth-order valence-electron chi connectivity index (χ4n) is 2.04. The first-order valence-electron chi connectivity index (χ1n) is 6.35. The lowest BCUT2D eigenvalue weighted by Gasteiger charge is -2.11. The Labute approximate surface area is 112 Å². The molecule has 100 valence electrons. The van der Waals surface area contributed by atoms with E-state index in [2.05, 4.69) is 0 Å². The number of nitrogens with two attached hydrogens (primary N) is 1. The summed E-state index contributed by atoms with van der Waals surface area (Å²) in [6.45, 7) is 3.28. The first-order valence-corrected chi connectivity index (χ1v) is 6.35. The van der Waals surface area contributed by atoms with Crippen molar-refractivity contribution < 1.29 is 9.53 Å². The van der Waals surface area contributed by atoms with E-state index in [9.17, 15) is 4.79 Å². The van der Waals surface area contributed by atoms with Crippen molar-refractivity contribution >= 4 is 5.97 Å². The summed E-state index contributed by atoms with van der Waals surface area (Å²) >= 11 is 0. The van der Waals surface area contributed by atoms with Gasteiger partial charge >= 0.3 is 5.97 Å². The van der Waals surface area contributed by atoms with E-state index in [4.69, 9.17) is 10.5 Å². The third-order valence-electron chi connectivity index (χ3n) is 2.99. The highest BCUT2D eigenvalue weighted by Crippen LogP contribution is 2.14. The fourth-order valence-corrected chi connectivity index (χ4v) is 2.04. The zero-order chi connectivity index (χ0) is 13.7. The number of nitrogens with zero attached hydrogens (tertiary/aromatic N) is 1. The van der Waals surface area contributed by atoms with Gasteiger partial charge in [-0.3, -0.25) is 0 Å². The quantitative estimate of drug-likeness (QED) is 0.836. The monoisotopic (exact) mass is 258 g/mol. The smallest absolute Gasteiger partial charge is 0.338 e. The number of aromatic nitrogens is 1. The van der Waals surface area contributed by atoms with Crippen LogP contribution in [0.15, 0.2) is 42.6 Å². The van der Waals surface area contributed by atoms with Gasteiger partial charge in [0.1, 0.15) is 0 Å². The third kappa shape index (κ3) is 3.03. The van der Waals surface area contributed by atoms with Crippen LogP contribution >= 0.6 is 0 Å². The molecule has 0 aliphatic heterocycles. The Hall–Kier alpha value is -2.07. The lowest BCUT2D eigenvalue weighted by molar-refractivity contribution is 0.0525. The van der Waals surface area contributed by atoms with Crippen LogP contribution in [-0.2, 0) is 17.8 Å². The molecule has 0 fully saturated rings. The summed E-state index contributed by atoms with van der Waals surface area (Å²) < 4.78 is 7.11. The number of carbonyl (C=O) groups is 1. The number of hydrogen-bond acceptors (Lipinski definition) is 3. The predicted octanol–water partition coefficient (Wildman–Crippen LogP) is 2.17. The molecule has 1 heterocycles. The molecule has 4 nitrogen and oxygen atoms in total. The van der Waals surface area contributed by atoms with Crippen molar-refractivity contribution in [1.29, 1.82) is 0 Å². The van der Waals surface area contributed by atoms with Gasteiger partial charge < -0.3 is 15.0 Å². The van der Waals surface area contributed by atoms with Crippen molar-refractivity contribution in [2.45, 2.75) is 20.0 Å². The molecule has 0 atom stereocenters. The molecule has 0 bridgehead atoms. The van der Waals surface area contributed by atoms with Crippen molar-refractivity contribution in [3.8, 4) is 0 Å². The summed E-state index contributed by atoms with van der Waals surface area (Å²) in [7, 11) is 0. The molecule has 0 spiro atoms. The summed E-state index contributed by atoms with van der Waals surface area (Å²) in [5.41, 5.74) is 8.27. The second kappa shape index (κ2) is 6.20. The molecule has 1 aromatic heterocycles. The van der Waals surface area contributed by atoms with Gasteiger partial charge in [0.2, 0.25) is 0 Å². The molecule has 1 aromatic carbocycles. The van der Waals surface area contributed by atoms with Gasteiger partial charge in [-0.1, -0.05) is 18.2 Å². The van der Waals surface area contributed by atoms with Gasteiger partial charge in [0.05, 0.1) is 12.2 Å². The number of hydrogen-bond donors (Lipinski definition) is 1. The maximum atomic E-state index is 11.9. The zero-order valence-electron chi connectivity index (χ0n) is 11.0. The van der Waals surface area contributed by atoms with Crippen LogP contribution in [0.4, 0.5) is 0 Å². The van der Waals surface area contributed by atoms with Crippen LogP contribution in [-0.4, -0.2) is 17.1 Å². The minimum absolute atomic E-state index is 0.278. The summed E-state index contributed by atoms with van der Waals surface area (Å²) in [4.78, 5) is 11.9. The lowest BCUT2D eigenvalue weighted by atomic mass is 10.1. The van der Waals surface area contributed by atoms with Gasteiger partial charge in [-0.15, -0.1) is 0 Å².